The van der Waals surface area contributed by atoms with Crippen LogP contribution >= 0.6 is 0 Å². The molecular formula is C7H14N2. The van der Waals surface area contributed by atoms with Gasteiger partial charge in [0.1, 0.15) is 0 Å². The maximum atomic E-state index is 4.24. The molecule has 0 spiro atoms. The molecule has 0 amide bonds. The van der Waals surface area contributed by atoms with Crippen molar-refractivity contribution in [1.82, 2.24) is 5.32 Å². The Morgan fingerprint density at radius 1 is 1.56 bits per heavy atom. The minimum Gasteiger partial charge on any atom is -0.312 e. The van der Waals surface area contributed by atoms with Crippen molar-refractivity contribution in [2.24, 2.45) is 4.99 Å². The summed E-state index contributed by atoms with van der Waals surface area (Å²) < 4.78 is 0. The second-order valence-electron chi connectivity index (χ2n) is 2.45. The van der Waals surface area contributed by atoms with Crippen molar-refractivity contribution >= 4 is 6.21 Å². The normalized spacial score (nSPS) is 27.9. The van der Waals surface area contributed by atoms with Gasteiger partial charge < -0.3 is 5.32 Å². The Morgan fingerprint density at radius 2 is 2.44 bits per heavy atom. The molecule has 0 aliphatic carbocycles. The number of aliphatic imine (C=N–C) groups is 1. The van der Waals surface area contributed by atoms with Gasteiger partial charge in [-0.15, -0.1) is 0 Å². The lowest BCUT2D eigenvalue weighted by molar-refractivity contribution is 0.616. The van der Waals surface area contributed by atoms with Crippen molar-refractivity contribution in [3.8, 4) is 0 Å². The van der Waals surface area contributed by atoms with Crippen molar-refractivity contribution in [2.75, 3.05) is 13.6 Å². The molecule has 0 aromatic rings. The molecule has 52 valence electrons. The van der Waals surface area contributed by atoms with Gasteiger partial charge in [0.05, 0.1) is 0 Å². The lowest BCUT2D eigenvalue weighted by Crippen LogP contribution is -2.25. The van der Waals surface area contributed by atoms with Crippen LogP contribution in [0, 0.1) is 0 Å². The van der Waals surface area contributed by atoms with E-state index >= 15 is 0 Å². The van der Waals surface area contributed by atoms with E-state index in [4.69, 9.17) is 0 Å². The third kappa shape index (κ3) is 2.14. The van der Waals surface area contributed by atoms with E-state index in [2.05, 4.69) is 10.3 Å². The van der Waals surface area contributed by atoms with Crippen LogP contribution in [0.5, 0.6) is 0 Å². The molecule has 1 atom stereocenters. The maximum absolute atomic E-state index is 4.24. The Balaban J connectivity index is 2.33. The quantitative estimate of drug-likeness (QED) is 0.553. The summed E-state index contributed by atoms with van der Waals surface area (Å²) in [5.74, 6) is 0. The molecule has 1 aliphatic rings. The molecule has 1 N–H and O–H groups in total. The Hall–Kier alpha value is -0.370. The minimum atomic E-state index is 0.535. The van der Waals surface area contributed by atoms with E-state index in [1.165, 1.54) is 19.3 Å². The van der Waals surface area contributed by atoms with E-state index in [-0.39, 0.29) is 0 Å². The number of hydrogen-bond acceptors (Lipinski definition) is 2. The molecular weight excluding hydrogens is 112 g/mol. The third-order valence-corrected chi connectivity index (χ3v) is 1.71. The van der Waals surface area contributed by atoms with Crippen LogP contribution in [-0.4, -0.2) is 25.8 Å². The fourth-order valence-corrected chi connectivity index (χ4v) is 1.06. The second kappa shape index (κ2) is 3.62. The molecule has 0 saturated heterocycles. The van der Waals surface area contributed by atoms with Crippen molar-refractivity contribution in [2.45, 2.75) is 25.3 Å². The molecule has 2 nitrogen and oxygen atoms in total. The number of nitrogens with zero attached hydrogens (tertiary/aromatic N) is 1. The summed E-state index contributed by atoms with van der Waals surface area (Å²) in [6.07, 6.45) is 5.85. The standard InChI is InChI=1S/C7H14N2/c1-8-7-4-2-3-5-9-6-7/h6-8H,2-5H2,1H3. The molecule has 1 aliphatic heterocycles. The zero-order valence-electron chi connectivity index (χ0n) is 5.93. The van der Waals surface area contributed by atoms with Gasteiger partial charge in [0.25, 0.3) is 0 Å². The van der Waals surface area contributed by atoms with Crippen LogP contribution in [0.25, 0.3) is 0 Å². The number of hydrogen-bond donors (Lipinski definition) is 1. The van der Waals surface area contributed by atoms with Gasteiger partial charge in [-0.2, -0.15) is 0 Å². The predicted molar refractivity (Wildman–Crippen MR) is 40.1 cm³/mol. The van der Waals surface area contributed by atoms with Crippen molar-refractivity contribution in [1.29, 1.82) is 0 Å². The molecule has 0 aromatic carbocycles. The summed E-state index contributed by atoms with van der Waals surface area (Å²) in [4.78, 5) is 4.24. The predicted octanol–water partition coefficient (Wildman–Crippen LogP) is 0.829. The summed E-state index contributed by atoms with van der Waals surface area (Å²) in [5.41, 5.74) is 0. The topological polar surface area (TPSA) is 24.4 Å². The Morgan fingerprint density at radius 3 is 3.22 bits per heavy atom. The van der Waals surface area contributed by atoms with Crippen molar-refractivity contribution < 1.29 is 0 Å². The summed E-state index contributed by atoms with van der Waals surface area (Å²) in [5, 5.41) is 3.19. The van der Waals surface area contributed by atoms with Gasteiger partial charge in [-0.3, -0.25) is 4.99 Å². The zero-order chi connectivity index (χ0) is 6.53. The van der Waals surface area contributed by atoms with Crippen LogP contribution in [0.2, 0.25) is 0 Å². The highest BCUT2D eigenvalue weighted by Crippen LogP contribution is 2.02. The highest BCUT2D eigenvalue weighted by molar-refractivity contribution is 5.64. The largest absolute Gasteiger partial charge is 0.312 e. The molecule has 0 fully saturated rings. The maximum Gasteiger partial charge on any atom is 0.0417 e. The van der Waals surface area contributed by atoms with E-state index in [1.807, 2.05) is 13.3 Å². The van der Waals surface area contributed by atoms with Crippen LogP contribution in [-0.2, 0) is 0 Å². The molecule has 2 heteroatoms. The zero-order valence-corrected chi connectivity index (χ0v) is 5.93. The molecule has 1 rings (SSSR count). The van der Waals surface area contributed by atoms with Crippen LogP contribution < -0.4 is 5.32 Å². The molecule has 0 aromatic heterocycles. The number of nitrogens with one attached hydrogen (secondary N) is 1. The average molecular weight is 126 g/mol. The fraction of sp³-hybridized carbons (Fsp3) is 0.857. The molecule has 1 unspecified atom stereocenters. The van der Waals surface area contributed by atoms with Gasteiger partial charge in [-0.05, 0) is 26.3 Å². The van der Waals surface area contributed by atoms with Crippen LogP contribution in [0.3, 0.4) is 0 Å². The Labute approximate surface area is 56.4 Å². The summed E-state index contributed by atoms with van der Waals surface area (Å²) in [7, 11) is 1.99. The fourth-order valence-electron chi connectivity index (χ4n) is 1.06. The van der Waals surface area contributed by atoms with E-state index in [0.29, 0.717) is 6.04 Å². The van der Waals surface area contributed by atoms with Crippen LogP contribution in [0.1, 0.15) is 19.3 Å². The summed E-state index contributed by atoms with van der Waals surface area (Å²) in [6.45, 7) is 1.03. The first kappa shape index (κ1) is 6.75. The monoisotopic (exact) mass is 126 g/mol. The van der Waals surface area contributed by atoms with Gasteiger partial charge in [-0.25, -0.2) is 0 Å². The first-order chi connectivity index (χ1) is 4.43. The lowest BCUT2D eigenvalue weighted by atomic mass is 10.1. The molecule has 9 heavy (non-hydrogen) atoms. The third-order valence-electron chi connectivity index (χ3n) is 1.71. The van der Waals surface area contributed by atoms with E-state index in [9.17, 15) is 0 Å². The minimum absolute atomic E-state index is 0.535. The average Bonchev–Trinajstić information content (AvgIpc) is 2.13. The first-order valence-corrected chi connectivity index (χ1v) is 3.60. The van der Waals surface area contributed by atoms with Crippen molar-refractivity contribution in [3.63, 3.8) is 0 Å². The first-order valence-electron chi connectivity index (χ1n) is 3.60. The van der Waals surface area contributed by atoms with Gasteiger partial charge >= 0.3 is 0 Å². The van der Waals surface area contributed by atoms with E-state index in [0.717, 1.165) is 6.54 Å². The highest BCUT2D eigenvalue weighted by Gasteiger charge is 2.03. The second-order valence-corrected chi connectivity index (χ2v) is 2.45. The lowest BCUT2D eigenvalue weighted by Gasteiger charge is -2.05. The Bertz CT molecular complexity index is 99.1. The summed E-state index contributed by atoms with van der Waals surface area (Å²) in [6, 6.07) is 0.535. The van der Waals surface area contributed by atoms with Gasteiger partial charge in [-0.1, -0.05) is 0 Å². The SMILES string of the molecule is CNC1C=NCCCC1. The summed E-state index contributed by atoms with van der Waals surface area (Å²) >= 11 is 0. The molecule has 0 saturated carbocycles. The smallest absolute Gasteiger partial charge is 0.0417 e. The van der Waals surface area contributed by atoms with E-state index in [1.54, 1.807) is 0 Å². The molecule has 1 heterocycles. The van der Waals surface area contributed by atoms with E-state index < -0.39 is 0 Å². The van der Waals surface area contributed by atoms with Gasteiger partial charge in [0.2, 0.25) is 0 Å². The van der Waals surface area contributed by atoms with Gasteiger partial charge in [0.15, 0.2) is 0 Å². The molecule has 0 radical (unpaired) electrons. The van der Waals surface area contributed by atoms with Crippen molar-refractivity contribution in [3.05, 3.63) is 0 Å². The highest BCUT2D eigenvalue weighted by atomic mass is 14.9. The number of rotatable bonds is 1. The Kier molecular flexibility index (Phi) is 2.71. The van der Waals surface area contributed by atoms with Crippen LogP contribution in [0.15, 0.2) is 4.99 Å². The van der Waals surface area contributed by atoms with Crippen LogP contribution in [0.4, 0.5) is 0 Å². The van der Waals surface area contributed by atoms with Gasteiger partial charge in [0, 0.05) is 18.8 Å². The molecule has 0 bridgehead atoms.